The van der Waals surface area contributed by atoms with E-state index in [1.807, 2.05) is 12.1 Å². The Morgan fingerprint density at radius 1 is 0.789 bits per heavy atom. The Morgan fingerprint density at radius 2 is 1.26 bits per heavy atom. The maximum atomic E-state index is 6.72. The van der Waals surface area contributed by atoms with E-state index in [1.165, 1.54) is 12.8 Å². The second-order valence-electron chi connectivity index (χ2n) is 4.97. The summed E-state index contributed by atoms with van der Waals surface area (Å²) in [7, 11) is 0. The highest BCUT2D eigenvalue weighted by Gasteiger charge is 2.28. The lowest BCUT2D eigenvalue weighted by Gasteiger charge is -2.32. The zero-order valence-electron chi connectivity index (χ0n) is 11.6. The summed E-state index contributed by atoms with van der Waals surface area (Å²) in [5.74, 6) is 6.72. The van der Waals surface area contributed by atoms with Gasteiger partial charge in [0, 0.05) is 24.3 Å². The van der Waals surface area contributed by atoms with Crippen LogP contribution in [0, 0.1) is 0 Å². The molecule has 0 fully saturated rings. The number of unbranched alkanes of at least 4 members (excludes halogenated alkanes) is 2. The van der Waals surface area contributed by atoms with Gasteiger partial charge in [-0.15, -0.1) is 0 Å². The Kier molecular flexibility index (Phi) is 4.72. The number of benzene rings is 2. The molecule has 0 atom stereocenters. The quantitative estimate of drug-likeness (QED) is 0.352. The molecule has 0 aromatic heterocycles. The first-order valence-corrected chi connectivity index (χ1v) is 7.05. The first kappa shape index (κ1) is 13.8. The Morgan fingerprint density at radius 3 is 1.68 bits per heavy atom. The van der Waals surface area contributed by atoms with Crippen LogP contribution in [0.15, 0.2) is 60.7 Å². The van der Waals surface area contributed by atoms with Crippen LogP contribution in [0.2, 0.25) is 0 Å². The van der Waals surface area contributed by atoms with Gasteiger partial charge in [0.05, 0.1) is 0 Å². The molecule has 0 unspecified atom stereocenters. The van der Waals surface area contributed by atoms with Gasteiger partial charge in [-0.05, 0) is 12.8 Å². The zero-order valence-corrected chi connectivity index (χ0v) is 11.6. The second-order valence-corrected chi connectivity index (χ2v) is 4.97. The summed E-state index contributed by atoms with van der Waals surface area (Å²) in [5, 5.41) is 0. The Bertz CT molecular complexity index is 440. The van der Waals surface area contributed by atoms with E-state index in [2.05, 4.69) is 55.5 Å². The van der Waals surface area contributed by atoms with Crippen LogP contribution in [0.5, 0.6) is 0 Å². The van der Waals surface area contributed by atoms with Gasteiger partial charge in [-0.25, -0.2) is 0 Å². The molecule has 19 heavy (non-hydrogen) atoms. The molecule has 0 aliphatic rings. The van der Waals surface area contributed by atoms with Crippen molar-refractivity contribution < 1.29 is 0 Å². The van der Waals surface area contributed by atoms with Crippen LogP contribution in [0.25, 0.3) is 0 Å². The Hall–Kier alpha value is -1.64. The van der Waals surface area contributed by atoms with Gasteiger partial charge < -0.3 is 0 Å². The van der Waals surface area contributed by atoms with E-state index < -0.39 is 0 Å². The normalized spacial score (nSPS) is 11.5. The predicted molar refractivity (Wildman–Crippen MR) is 82.9 cm³/mol. The van der Waals surface area contributed by atoms with E-state index in [1.54, 1.807) is 0 Å². The van der Waals surface area contributed by atoms with Gasteiger partial charge in [-0.2, -0.15) is 10.4 Å². The molecule has 0 saturated carbocycles. The fourth-order valence-electron chi connectivity index (χ4n) is 2.41. The van der Waals surface area contributed by atoms with Crippen LogP contribution in [0.1, 0.15) is 26.2 Å². The Labute approximate surface area is 116 Å². The number of quaternary nitrogens is 1. The molecule has 0 aliphatic carbocycles. The summed E-state index contributed by atoms with van der Waals surface area (Å²) in [4.78, 5) is 0. The summed E-state index contributed by atoms with van der Waals surface area (Å²) in [5.41, 5.74) is 2.29. The highest BCUT2D eigenvalue weighted by Crippen LogP contribution is 2.30. The summed E-state index contributed by atoms with van der Waals surface area (Å²) in [6, 6.07) is 20.7. The molecular formula is C17H23N2+. The highest BCUT2D eigenvalue weighted by atomic mass is 15.6. The number of nitrogens with two attached hydrogens (primary N) is 1. The minimum absolute atomic E-state index is 0.391. The van der Waals surface area contributed by atoms with Crippen molar-refractivity contribution >= 4 is 11.4 Å². The first-order chi connectivity index (χ1) is 9.27. The molecule has 2 rings (SSSR count). The maximum Gasteiger partial charge on any atom is 0.157 e. The molecule has 0 bridgehead atoms. The third-order valence-corrected chi connectivity index (χ3v) is 3.55. The summed E-state index contributed by atoms with van der Waals surface area (Å²) < 4.78 is 0.391. The summed E-state index contributed by atoms with van der Waals surface area (Å²) >= 11 is 0. The molecule has 2 aromatic rings. The minimum Gasteiger partial charge on any atom is -0.185 e. The van der Waals surface area contributed by atoms with Gasteiger partial charge in [0.1, 0.15) is 6.54 Å². The molecule has 0 amide bonds. The van der Waals surface area contributed by atoms with Crippen molar-refractivity contribution in [2.24, 2.45) is 5.84 Å². The van der Waals surface area contributed by atoms with E-state index in [4.69, 9.17) is 5.84 Å². The predicted octanol–water partition coefficient (Wildman–Crippen LogP) is 4.39. The fourth-order valence-corrected chi connectivity index (χ4v) is 2.41. The van der Waals surface area contributed by atoms with Gasteiger partial charge in [-0.1, -0.05) is 49.7 Å². The van der Waals surface area contributed by atoms with E-state index in [-0.39, 0.29) is 0 Å². The SMILES string of the molecule is CCCCC[N+](N)(c1ccccc1)c1ccccc1. The largest absolute Gasteiger partial charge is 0.185 e. The lowest BCUT2D eigenvalue weighted by molar-refractivity contribution is 0.383. The van der Waals surface area contributed by atoms with Crippen LogP contribution in [-0.4, -0.2) is 6.54 Å². The molecule has 100 valence electrons. The lowest BCUT2D eigenvalue weighted by atomic mass is 10.1. The van der Waals surface area contributed by atoms with Crippen LogP contribution < -0.4 is 10.4 Å². The van der Waals surface area contributed by atoms with Crippen LogP contribution >= 0.6 is 0 Å². The average Bonchev–Trinajstić information content (AvgIpc) is 2.49. The molecular weight excluding hydrogens is 232 g/mol. The van der Waals surface area contributed by atoms with Crippen molar-refractivity contribution in [3.63, 3.8) is 0 Å². The molecule has 2 nitrogen and oxygen atoms in total. The van der Waals surface area contributed by atoms with E-state index in [0.29, 0.717) is 4.59 Å². The minimum atomic E-state index is 0.391. The summed E-state index contributed by atoms with van der Waals surface area (Å²) in [6.45, 7) is 3.15. The van der Waals surface area contributed by atoms with Crippen molar-refractivity contribution in [3.05, 3.63) is 60.7 Å². The summed E-state index contributed by atoms with van der Waals surface area (Å²) in [6.07, 6.45) is 3.57. The van der Waals surface area contributed by atoms with E-state index in [9.17, 15) is 0 Å². The maximum absolute atomic E-state index is 6.72. The molecule has 2 heteroatoms. The van der Waals surface area contributed by atoms with Crippen molar-refractivity contribution in [1.82, 2.24) is 4.59 Å². The van der Waals surface area contributed by atoms with Crippen LogP contribution in [0.3, 0.4) is 0 Å². The Balaban J connectivity index is 2.33. The lowest BCUT2D eigenvalue weighted by Crippen LogP contribution is -2.51. The van der Waals surface area contributed by atoms with Crippen LogP contribution in [0.4, 0.5) is 11.4 Å². The van der Waals surface area contributed by atoms with Crippen molar-refractivity contribution in [3.8, 4) is 0 Å². The molecule has 0 saturated heterocycles. The third kappa shape index (κ3) is 3.22. The van der Waals surface area contributed by atoms with Gasteiger partial charge in [0.25, 0.3) is 0 Å². The van der Waals surface area contributed by atoms with E-state index >= 15 is 0 Å². The number of nitrogens with zero attached hydrogens (tertiary/aromatic N) is 1. The average molecular weight is 255 g/mol. The van der Waals surface area contributed by atoms with E-state index in [0.717, 1.165) is 24.3 Å². The van der Waals surface area contributed by atoms with Crippen molar-refractivity contribution in [2.75, 3.05) is 6.54 Å². The van der Waals surface area contributed by atoms with Gasteiger partial charge in [0.15, 0.2) is 11.4 Å². The third-order valence-electron chi connectivity index (χ3n) is 3.55. The molecule has 0 radical (unpaired) electrons. The van der Waals surface area contributed by atoms with Gasteiger partial charge in [-0.3, -0.25) is 0 Å². The first-order valence-electron chi connectivity index (χ1n) is 7.05. The molecule has 0 spiro atoms. The van der Waals surface area contributed by atoms with Gasteiger partial charge >= 0.3 is 0 Å². The number of hydrogen-bond donors (Lipinski definition) is 1. The molecule has 0 heterocycles. The van der Waals surface area contributed by atoms with Crippen molar-refractivity contribution in [1.29, 1.82) is 0 Å². The molecule has 2 aromatic carbocycles. The number of para-hydroxylation sites is 2. The highest BCUT2D eigenvalue weighted by molar-refractivity contribution is 5.56. The van der Waals surface area contributed by atoms with Crippen molar-refractivity contribution in [2.45, 2.75) is 26.2 Å². The molecule has 0 aliphatic heterocycles. The van der Waals surface area contributed by atoms with Crippen LogP contribution in [-0.2, 0) is 0 Å². The standard InChI is InChI=1S/C17H23N2/c1-2-3-10-15-19(18,16-11-6-4-7-12-16)17-13-8-5-9-14-17/h4-9,11-14H,2-3,10,15,18H2,1H3/q+1. The smallest absolute Gasteiger partial charge is 0.157 e. The second kappa shape index (κ2) is 6.50. The fraction of sp³-hybridized carbons (Fsp3) is 0.294. The zero-order chi connectivity index (χ0) is 13.6. The van der Waals surface area contributed by atoms with Gasteiger partial charge in [0.2, 0.25) is 0 Å². The molecule has 2 N–H and O–H groups in total. The monoisotopic (exact) mass is 255 g/mol. The topological polar surface area (TPSA) is 26.0 Å². The number of hydrogen-bond acceptors (Lipinski definition) is 1. The number of rotatable bonds is 6.